The molecule has 66 valence electrons. The largest absolute Gasteiger partial charge is 0.480 e. The first kappa shape index (κ1) is 8.80. The van der Waals surface area contributed by atoms with Gasteiger partial charge in [0.25, 0.3) is 0 Å². The SMILES string of the molecule is Cc1cc([C@@H](N)C(=O)O)oc1C. The van der Waals surface area contributed by atoms with Crippen molar-refractivity contribution >= 4 is 5.97 Å². The van der Waals surface area contributed by atoms with Gasteiger partial charge >= 0.3 is 5.97 Å². The molecule has 1 heterocycles. The lowest BCUT2D eigenvalue weighted by Crippen LogP contribution is -2.19. The fraction of sp³-hybridized carbons (Fsp3) is 0.375. The van der Waals surface area contributed by atoms with Gasteiger partial charge in [-0.2, -0.15) is 0 Å². The average molecular weight is 169 g/mol. The number of hydrogen-bond donors (Lipinski definition) is 2. The molecule has 1 atom stereocenters. The second-order valence-corrected chi connectivity index (χ2v) is 2.70. The summed E-state index contributed by atoms with van der Waals surface area (Å²) in [5.74, 6) is -0.0667. The summed E-state index contributed by atoms with van der Waals surface area (Å²) in [5.41, 5.74) is 6.24. The molecule has 0 bridgehead atoms. The molecule has 0 saturated carbocycles. The summed E-state index contributed by atoms with van der Waals surface area (Å²) < 4.78 is 5.13. The smallest absolute Gasteiger partial charge is 0.328 e. The van der Waals surface area contributed by atoms with Crippen LogP contribution < -0.4 is 5.73 Å². The lowest BCUT2D eigenvalue weighted by atomic mass is 10.2. The topological polar surface area (TPSA) is 76.5 Å². The van der Waals surface area contributed by atoms with Crippen LogP contribution in [0.15, 0.2) is 10.5 Å². The van der Waals surface area contributed by atoms with E-state index in [4.69, 9.17) is 15.3 Å². The number of aryl methyl sites for hydroxylation is 2. The Hall–Kier alpha value is -1.29. The standard InChI is InChI=1S/C8H11NO3/c1-4-3-6(12-5(4)2)7(9)8(10)11/h3,7H,9H2,1-2H3,(H,10,11)/t7-/m1/s1. The zero-order valence-corrected chi connectivity index (χ0v) is 7.00. The second-order valence-electron chi connectivity index (χ2n) is 2.70. The Balaban J connectivity index is 2.96. The first-order chi connectivity index (χ1) is 5.52. The highest BCUT2D eigenvalue weighted by molar-refractivity contribution is 5.74. The van der Waals surface area contributed by atoms with E-state index in [1.165, 1.54) is 0 Å². The molecule has 0 aromatic carbocycles. The number of carboxylic acid groups (broad SMARTS) is 1. The molecule has 0 radical (unpaired) electrons. The van der Waals surface area contributed by atoms with Gasteiger partial charge in [-0.05, 0) is 25.5 Å². The molecule has 0 unspecified atom stereocenters. The highest BCUT2D eigenvalue weighted by Crippen LogP contribution is 2.18. The number of rotatable bonds is 2. The second kappa shape index (κ2) is 2.98. The van der Waals surface area contributed by atoms with Gasteiger partial charge in [0.15, 0.2) is 6.04 Å². The maximum absolute atomic E-state index is 10.4. The molecule has 0 aliphatic rings. The molecular formula is C8H11NO3. The molecule has 3 N–H and O–H groups in total. The van der Waals surface area contributed by atoms with Crippen LogP contribution in [0.4, 0.5) is 0 Å². The van der Waals surface area contributed by atoms with Crippen LogP contribution in [0.1, 0.15) is 23.1 Å². The van der Waals surface area contributed by atoms with Crippen molar-refractivity contribution in [3.8, 4) is 0 Å². The predicted octanol–water partition coefficient (Wildman–Crippen LogP) is 0.981. The molecule has 4 nitrogen and oxygen atoms in total. The van der Waals surface area contributed by atoms with Crippen LogP contribution in [0.3, 0.4) is 0 Å². The Kier molecular flexibility index (Phi) is 2.19. The first-order valence-corrected chi connectivity index (χ1v) is 3.57. The van der Waals surface area contributed by atoms with E-state index in [2.05, 4.69) is 0 Å². The summed E-state index contributed by atoms with van der Waals surface area (Å²) in [5, 5.41) is 8.55. The van der Waals surface area contributed by atoms with E-state index in [-0.39, 0.29) is 0 Å². The molecule has 0 fully saturated rings. The van der Waals surface area contributed by atoms with E-state index in [0.29, 0.717) is 11.5 Å². The Labute approximate surface area is 70.0 Å². The summed E-state index contributed by atoms with van der Waals surface area (Å²) in [6.07, 6.45) is 0. The summed E-state index contributed by atoms with van der Waals surface area (Å²) in [7, 11) is 0. The van der Waals surface area contributed by atoms with Gasteiger partial charge in [-0.1, -0.05) is 0 Å². The molecular weight excluding hydrogens is 158 g/mol. The minimum Gasteiger partial charge on any atom is -0.480 e. The number of hydrogen-bond acceptors (Lipinski definition) is 3. The zero-order chi connectivity index (χ0) is 9.30. The van der Waals surface area contributed by atoms with Gasteiger partial charge in [-0.25, -0.2) is 0 Å². The third-order valence-electron chi connectivity index (χ3n) is 1.76. The lowest BCUT2D eigenvalue weighted by molar-refractivity contribution is -0.139. The van der Waals surface area contributed by atoms with Crippen molar-refractivity contribution < 1.29 is 14.3 Å². The summed E-state index contributed by atoms with van der Waals surface area (Å²) in [6, 6.07) is 0.589. The number of carboxylic acids is 1. The van der Waals surface area contributed by atoms with Crippen LogP contribution >= 0.6 is 0 Å². The van der Waals surface area contributed by atoms with Crippen LogP contribution in [0.2, 0.25) is 0 Å². The Bertz CT molecular complexity index is 284. The zero-order valence-electron chi connectivity index (χ0n) is 7.00. The minimum absolute atomic E-state index is 0.303. The quantitative estimate of drug-likeness (QED) is 0.691. The molecule has 0 spiro atoms. The third-order valence-corrected chi connectivity index (χ3v) is 1.76. The van der Waals surface area contributed by atoms with E-state index >= 15 is 0 Å². The van der Waals surface area contributed by atoms with Crippen molar-refractivity contribution in [1.29, 1.82) is 0 Å². The van der Waals surface area contributed by atoms with E-state index < -0.39 is 12.0 Å². The van der Waals surface area contributed by atoms with E-state index in [1.54, 1.807) is 13.0 Å². The monoisotopic (exact) mass is 169 g/mol. The molecule has 1 aromatic rings. The van der Waals surface area contributed by atoms with Crippen molar-refractivity contribution in [2.75, 3.05) is 0 Å². The lowest BCUT2D eigenvalue weighted by Gasteiger charge is -2.00. The first-order valence-electron chi connectivity index (χ1n) is 3.57. The molecule has 4 heteroatoms. The van der Waals surface area contributed by atoms with E-state index in [1.807, 2.05) is 6.92 Å². The van der Waals surface area contributed by atoms with Gasteiger partial charge in [-0.3, -0.25) is 4.79 Å². The van der Waals surface area contributed by atoms with Crippen molar-refractivity contribution in [2.24, 2.45) is 5.73 Å². The maximum atomic E-state index is 10.4. The minimum atomic E-state index is -1.08. The van der Waals surface area contributed by atoms with Crippen molar-refractivity contribution in [3.63, 3.8) is 0 Å². The maximum Gasteiger partial charge on any atom is 0.328 e. The highest BCUT2D eigenvalue weighted by atomic mass is 16.4. The normalized spacial score (nSPS) is 12.9. The number of nitrogens with two attached hydrogens (primary N) is 1. The fourth-order valence-corrected chi connectivity index (χ4v) is 0.877. The van der Waals surface area contributed by atoms with Crippen molar-refractivity contribution in [2.45, 2.75) is 19.9 Å². The molecule has 0 aliphatic heterocycles. The average Bonchev–Trinajstić information content (AvgIpc) is 2.30. The van der Waals surface area contributed by atoms with Gasteiger partial charge < -0.3 is 15.3 Å². The van der Waals surface area contributed by atoms with Crippen LogP contribution in [0.25, 0.3) is 0 Å². The summed E-state index contributed by atoms with van der Waals surface area (Å²) in [4.78, 5) is 10.4. The Morgan fingerprint density at radius 3 is 2.58 bits per heavy atom. The highest BCUT2D eigenvalue weighted by Gasteiger charge is 2.18. The van der Waals surface area contributed by atoms with E-state index in [0.717, 1.165) is 5.56 Å². The molecule has 0 aliphatic carbocycles. The summed E-state index contributed by atoms with van der Waals surface area (Å²) in [6.45, 7) is 3.62. The molecule has 1 aromatic heterocycles. The predicted molar refractivity (Wildman–Crippen MR) is 42.7 cm³/mol. The van der Waals surface area contributed by atoms with Gasteiger partial charge in [0.1, 0.15) is 11.5 Å². The van der Waals surface area contributed by atoms with Crippen LogP contribution in [-0.4, -0.2) is 11.1 Å². The van der Waals surface area contributed by atoms with Gasteiger partial charge in [0.2, 0.25) is 0 Å². The third kappa shape index (κ3) is 1.48. The fourth-order valence-electron chi connectivity index (χ4n) is 0.877. The number of furan rings is 1. The van der Waals surface area contributed by atoms with Crippen molar-refractivity contribution in [3.05, 3.63) is 23.2 Å². The molecule has 0 saturated heterocycles. The van der Waals surface area contributed by atoms with Gasteiger partial charge in [0.05, 0.1) is 0 Å². The number of aliphatic carboxylic acids is 1. The van der Waals surface area contributed by atoms with Gasteiger partial charge in [0, 0.05) is 0 Å². The molecule has 0 amide bonds. The Morgan fingerprint density at radius 1 is 1.67 bits per heavy atom. The van der Waals surface area contributed by atoms with Crippen molar-refractivity contribution in [1.82, 2.24) is 0 Å². The Morgan fingerprint density at radius 2 is 2.25 bits per heavy atom. The molecule has 1 rings (SSSR count). The van der Waals surface area contributed by atoms with Crippen LogP contribution in [0.5, 0.6) is 0 Å². The van der Waals surface area contributed by atoms with Gasteiger partial charge in [-0.15, -0.1) is 0 Å². The summed E-state index contributed by atoms with van der Waals surface area (Å²) >= 11 is 0. The molecule has 12 heavy (non-hydrogen) atoms. The van der Waals surface area contributed by atoms with Crippen LogP contribution in [-0.2, 0) is 4.79 Å². The van der Waals surface area contributed by atoms with Crippen LogP contribution in [0, 0.1) is 13.8 Å². The van der Waals surface area contributed by atoms with E-state index in [9.17, 15) is 4.79 Å². The number of carbonyl (C=O) groups is 1.